The highest BCUT2D eigenvalue weighted by Crippen LogP contribution is 2.22. The van der Waals surface area contributed by atoms with E-state index in [2.05, 4.69) is 4.98 Å². The third-order valence-corrected chi connectivity index (χ3v) is 3.10. The second kappa shape index (κ2) is 2.81. The summed E-state index contributed by atoms with van der Waals surface area (Å²) in [7, 11) is 0. The molecule has 5 nitrogen and oxygen atoms in total. The summed E-state index contributed by atoms with van der Waals surface area (Å²) < 4.78 is 3.28. The van der Waals surface area contributed by atoms with Gasteiger partial charge in [0.15, 0.2) is 0 Å². The third-order valence-electron chi connectivity index (χ3n) is 3.10. The van der Waals surface area contributed by atoms with Gasteiger partial charge in [-0.3, -0.25) is 18.7 Å². The summed E-state index contributed by atoms with van der Waals surface area (Å²) in [5.74, 6) is 0. The molecule has 0 fully saturated rings. The summed E-state index contributed by atoms with van der Waals surface area (Å²) in [5, 5.41) is 0. The molecule has 2 aromatic rings. The standard InChI is InChI=1S/C11H11N3O2/c1-6-3-8(15)14-7(2)5-13-9(16)4-12-10(6)11(13)14/h3-4,7H,5H2,1-2H3. The van der Waals surface area contributed by atoms with Crippen LogP contribution in [-0.2, 0) is 6.54 Å². The fourth-order valence-electron chi connectivity index (χ4n) is 2.38. The van der Waals surface area contributed by atoms with Crippen molar-refractivity contribution in [2.75, 3.05) is 0 Å². The molecule has 0 saturated carbocycles. The van der Waals surface area contributed by atoms with Crippen molar-refractivity contribution < 1.29 is 0 Å². The Hall–Kier alpha value is -1.91. The number of rotatable bonds is 0. The van der Waals surface area contributed by atoms with Crippen LogP contribution in [0.4, 0.5) is 0 Å². The lowest BCUT2D eigenvalue weighted by atomic mass is 10.2. The number of aromatic nitrogens is 3. The molecule has 1 aliphatic heterocycles. The van der Waals surface area contributed by atoms with Crippen molar-refractivity contribution in [3.05, 3.63) is 38.5 Å². The number of aryl methyl sites for hydroxylation is 1. The Labute approximate surface area is 91.0 Å². The summed E-state index contributed by atoms with van der Waals surface area (Å²) in [6, 6.07) is 1.60. The minimum Gasteiger partial charge on any atom is -0.289 e. The Bertz CT molecular complexity index is 711. The van der Waals surface area contributed by atoms with Crippen molar-refractivity contribution >= 4 is 11.2 Å². The summed E-state index contributed by atoms with van der Waals surface area (Å²) >= 11 is 0. The first-order valence-electron chi connectivity index (χ1n) is 5.21. The molecule has 0 spiro atoms. The second-order valence-corrected chi connectivity index (χ2v) is 4.26. The fourth-order valence-corrected chi connectivity index (χ4v) is 2.38. The van der Waals surface area contributed by atoms with Crippen molar-refractivity contribution in [1.82, 2.24) is 14.1 Å². The van der Waals surface area contributed by atoms with Crippen LogP contribution >= 0.6 is 0 Å². The van der Waals surface area contributed by atoms with E-state index in [4.69, 9.17) is 0 Å². The lowest BCUT2D eigenvalue weighted by Crippen LogP contribution is -2.21. The topological polar surface area (TPSA) is 56.9 Å². The SMILES string of the molecule is Cc1cc(=O)n2c3c1ncc(=O)n3CC2C. The zero-order valence-electron chi connectivity index (χ0n) is 9.10. The second-order valence-electron chi connectivity index (χ2n) is 4.26. The molecule has 0 saturated heterocycles. The van der Waals surface area contributed by atoms with E-state index in [1.807, 2.05) is 13.8 Å². The van der Waals surface area contributed by atoms with Crippen LogP contribution in [0, 0.1) is 6.92 Å². The molecule has 1 atom stereocenters. The fraction of sp³-hybridized carbons (Fsp3) is 0.364. The zero-order chi connectivity index (χ0) is 11.4. The van der Waals surface area contributed by atoms with Gasteiger partial charge in [-0.05, 0) is 19.4 Å². The van der Waals surface area contributed by atoms with Gasteiger partial charge in [-0.1, -0.05) is 0 Å². The van der Waals surface area contributed by atoms with Crippen LogP contribution in [-0.4, -0.2) is 14.1 Å². The first-order valence-corrected chi connectivity index (χ1v) is 5.21. The van der Waals surface area contributed by atoms with Crippen molar-refractivity contribution in [2.24, 2.45) is 0 Å². The molecule has 82 valence electrons. The maximum atomic E-state index is 11.9. The van der Waals surface area contributed by atoms with E-state index in [1.165, 1.54) is 6.20 Å². The van der Waals surface area contributed by atoms with Gasteiger partial charge in [0, 0.05) is 12.6 Å². The number of hydrogen-bond donors (Lipinski definition) is 0. The summed E-state index contributed by atoms with van der Waals surface area (Å²) in [4.78, 5) is 27.6. The molecule has 0 aromatic carbocycles. The van der Waals surface area contributed by atoms with E-state index in [-0.39, 0.29) is 17.2 Å². The molecule has 5 heteroatoms. The molecule has 16 heavy (non-hydrogen) atoms. The highest BCUT2D eigenvalue weighted by molar-refractivity contribution is 5.75. The van der Waals surface area contributed by atoms with Gasteiger partial charge in [0.1, 0.15) is 11.2 Å². The van der Waals surface area contributed by atoms with Gasteiger partial charge in [0.05, 0.1) is 12.2 Å². The van der Waals surface area contributed by atoms with Crippen LogP contribution in [0.1, 0.15) is 18.5 Å². The lowest BCUT2D eigenvalue weighted by molar-refractivity contribution is 0.527. The zero-order valence-corrected chi connectivity index (χ0v) is 9.10. The van der Waals surface area contributed by atoms with Crippen LogP contribution in [0.25, 0.3) is 11.2 Å². The van der Waals surface area contributed by atoms with Crippen LogP contribution in [0.5, 0.6) is 0 Å². The Morgan fingerprint density at radius 2 is 2.12 bits per heavy atom. The van der Waals surface area contributed by atoms with E-state index >= 15 is 0 Å². The van der Waals surface area contributed by atoms with Gasteiger partial charge < -0.3 is 0 Å². The summed E-state index contributed by atoms with van der Waals surface area (Å²) in [6.45, 7) is 4.32. The van der Waals surface area contributed by atoms with Gasteiger partial charge >= 0.3 is 0 Å². The molecular formula is C11H11N3O2. The normalized spacial score (nSPS) is 18.2. The molecule has 0 aliphatic carbocycles. The van der Waals surface area contributed by atoms with Crippen LogP contribution in [0.15, 0.2) is 21.9 Å². The molecule has 0 bridgehead atoms. The minimum absolute atomic E-state index is 0.0208. The van der Waals surface area contributed by atoms with Gasteiger partial charge in [0.2, 0.25) is 0 Å². The predicted molar refractivity (Wildman–Crippen MR) is 59.7 cm³/mol. The molecule has 2 aromatic heterocycles. The predicted octanol–water partition coefficient (Wildman–Crippen LogP) is 0.441. The summed E-state index contributed by atoms with van der Waals surface area (Å²) in [5.41, 5.74) is 2.01. The first-order chi connectivity index (χ1) is 7.59. The largest absolute Gasteiger partial charge is 0.289 e. The molecule has 1 aliphatic rings. The summed E-state index contributed by atoms with van der Waals surface area (Å²) in [6.07, 6.45) is 1.32. The highest BCUT2D eigenvalue weighted by atomic mass is 16.1. The van der Waals surface area contributed by atoms with Gasteiger partial charge in [0.25, 0.3) is 11.1 Å². The van der Waals surface area contributed by atoms with Gasteiger partial charge in [-0.25, -0.2) is 4.98 Å². The van der Waals surface area contributed by atoms with E-state index in [0.29, 0.717) is 12.2 Å². The molecule has 0 amide bonds. The molecule has 3 rings (SSSR count). The molecule has 0 radical (unpaired) electrons. The molecule has 0 N–H and O–H groups in total. The average molecular weight is 217 g/mol. The number of hydrogen-bond acceptors (Lipinski definition) is 3. The van der Waals surface area contributed by atoms with Crippen molar-refractivity contribution in [2.45, 2.75) is 26.4 Å². The van der Waals surface area contributed by atoms with Gasteiger partial charge in [-0.2, -0.15) is 0 Å². The van der Waals surface area contributed by atoms with E-state index in [9.17, 15) is 9.59 Å². The molecule has 1 unspecified atom stereocenters. The van der Waals surface area contributed by atoms with Crippen molar-refractivity contribution in [3.8, 4) is 0 Å². The quantitative estimate of drug-likeness (QED) is 0.643. The van der Waals surface area contributed by atoms with E-state index in [0.717, 1.165) is 11.1 Å². The van der Waals surface area contributed by atoms with Crippen LogP contribution in [0.2, 0.25) is 0 Å². The first kappa shape index (κ1) is 9.33. The Kier molecular flexibility index (Phi) is 1.64. The third kappa shape index (κ3) is 0.973. The van der Waals surface area contributed by atoms with Crippen molar-refractivity contribution in [1.29, 1.82) is 0 Å². The minimum atomic E-state index is -0.143. The monoisotopic (exact) mass is 217 g/mol. The Morgan fingerprint density at radius 1 is 1.38 bits per heavy atom. The van der Waals surface area contributed by atoms with E-state index in [1.54, 1.807) is 15.2 Å². The van der Waals surface area contributed by atoms with Gasteiger partial charge in [-0.15, -0.1) is 0 Å². The van der Waals surface area contributed by atoms with E-state index < -0.39 is 0 Å². The van der Waals surface area contributed by atoms with Crippen LogP contribution < -0.4 is 11.1 Å². The van der Waals surface area contributed by atoms with Crippen molar-refractivity contribution in [3.63, 3.8) is 0 Å². The molecular weight excluding hydrogens is 206 g/mol. The Balaban J connectivity index is 2.67. The highest BCUT2D eigenvalue weighted by Gasteiger charge is 2.23. The lowest BCUT2D eigenvalue weighted by Gasteiger charge is -2.07. The maximum Gasteiger partial charge on any atom is 0.270 e. The smallest absolute Gasteiger partial charge is 0.270 e. The Morgan fingerprint density at radius 3 is 2.88 bits per heavy atom. The number of pyridine rings is 1. The van der Waals surface area contributed by atoms with Crippen LogP contribution in [0.3, 0.4) is 0 Å². The maximum absolute atomic E-state index is 11.9. The number of nitrogens with zero attached hydrogens (tertiary/aromatic N) is 3. The molecule has 3 heterocycles. The average Bonchev–Trinajstić information content (AvgIpc) is 2.56.